The molecule has 0 unspecified atom stereocenters. The van der Waals surface area contributed by atoms with Crippen molar-refractivity contribution in [2.24, 2.45) is 5.41 Å². The van der Waals surface area contributed by atoms with Gasteiger partial charge in [-0.3, -0.25) is 0 Å². The molecule has 8 nitrogen and oxygen atoms in total. The van der Waals surface area contributed by atoms with Gasteiger partial charge in [-0.25, -0.2) is 4.79 Å². The predicted molar refractivity (Wildman–Crippen MR) is 118 cm³/mol. The van der Waals surface area contributed by atoms with E-state index in [0.717, 1.165) is 49.7 Å². The molecule has 188 valence electrons. The third-order valence-electron chi connectivity index (χ3n) is 7.76. The van der Waals surface area contributed by atoms with Gasteiger partial charge in [0.2, 0.25) is 0 Å². The highest BCUT2D eigenvalue weighted by atomic mass is 19.4. The lowest BCUT2D eigenvalue weighted by Gasteiger charge is -2.59. The van der Waals surface area contributed by atoms with Crippen molar-refractivity contribution in [1.29, 1.82) is 0 Å². The Morgan fingerprint density at radius 3 is 2.43 bits per heavy atom. The molecule has 1 N–H and O–H groups in total. The molecule has 2 aliphatic carbocycles. The number of H-pyrrole nitrogens is 1. The lowest BCUT2D eigenvalue weighted by atomic mass is 9.57. The van der Waals surface area contributed by atoms with E-state index in [1.807, 2.05) is 4.90 Å². The van der Waals surface area contributed by atoms with E-state index in [2.05, 4.69) is 15.2 Å². The molecule has 1 aromatic heterocycles. The van der Waals surface area contributed by atoms with Gasteiger partial charge in [0.1, 0.15) is 17.4 Å². The Morgan fingerprint density at radius 1 is 1.11 bits per heavy atom. The smallest absolute Gasteiger partial charge is 0.416 e. The number of carbonyl (C=O) groups is 1. The van der Waals surface area contributed by atoms with Crippen LogP contribution in [0.3, 0.4) is 0 Å². The molecule has 2 aromatic rings. The highest BCUT2D eigenvalue weighted by Gasteiger charge is 2.56. The molecular formula is C24H28F3N5O3. The second-order valence-electron chi connectivity index (χ2n) is 10.5. The molecule has 3 heterocycles. The van der Waals surface area contributed by atoms with Gasteiger partial charge in [-0.1, -0.05) is 6.07 Å². The number of carbonyl (C=O) groups excluding carboxylic acids is 1. The quantitative estimate of drug-likeness (QED) is 0.663. The number of amides is 2. The maximum atomic E-state index is 12.9. The normalized spacial score (nSPS) is 22.1. The van der Waals surface area contributed by atoms with Gasteiger partial charge in [0.05, 0.1) is 38.5 Å². The number of nitrogens with zero attached hydrogens (tertiary/aromatic N) is 4. The van der Waals surface area contributed by atoms with Crippen molar-refractivity contribution in [1.82, 2.24) is 25.0 Å². The van der Waals surface area contributed by atoms with E-state index in [9.17, 15) is 18.0 Å². The van der Waals surface area contributed by atoms with Crippen molar-refractivity contribution in [2.45, 2.75) is 56.4 Å². The summed E-state index contributed by atoms with van der Waals surface area (Å²) < 4.78 is 49.6. The van der Waals surface area contributed by atoms with Crippen LogP contribution >= 0.6 is 0 Å². The first-order valence-corrected chi connectivity index (χ1v) is 12.0. The Balaban J connectivity index is 0.931. The first-order valence-electron chi connectivity index (χ1n) is 12.0. The maximum absolute atomic E-state index is 12.9. The number of likely N-dealkylation sites (tertiary alicyclic amines) is 2. The zero-order valence-corrected chi connectivity index (χ0v) is 19.5. The summed E-state index contributed by atoms with van der Waals surface area (Å²) >= 11 is 0. The van der Waals surface area contributed by atoms with E-state index in [1.165, 1.54) is 26.0 Å². The van der Waals surface area contributed by atoms with Crippen LogP contribution in [0.4, 0.5) is 18.0 Å². The fourth-order valence-corrected chi connectivity index (χ4v) is 5.50. The number of methoxy groups -OCH3 is 1. The Kier molecular flexibility index (Phi) is 5.24. The number of hydrogen-bond acceptors (Lipinski definition) is 5. The number of aromatic amines is 1. The monoisotopic (exact) mass is 491 g/mol. The fourth-order valence-electron chi connectivity index (χ4n) is 5.50. The van der Waals surface area contributed by atoms with Crippen molar-refractivity contribution in [3.05, 3.63) is 41.0 Å². The van der Waals surface area contributed by atoms with E-state index in [0.29, 0.717) is 30.5 Å². The Bertz CT molecular complexity index is 1110. The van der Waals surface area contributed by atoms with E-state index in [4.69, 9.17) is 9.47 Å². The average molecular weight is 492 g/mol. The first kappa shape index (κ1) is 22.6. The number of halogens is 3. The van der Waals surface area contributed by atoms with Crippen LogP contribution < -0.4 is 4.74 Å². The van der Waals surface area contributed by atoms with Gasteiger partial charge < -0.3 is 24.3 Å². The van der Waals surface area contributed by atoms with Crippen molar-refractivity contribution in [2.75, 3.05) is 33.3 Å². The third kappa shape index (κ3) is 4.23. The van der Waals surface area contributed by atoms with Crippen LogP contribution in [0.15, 0.2) is 18.2 Å². The summed E-state index contributed by atoms with van der Waals surface area (Å²) in [4.78, 5) is 19.8. The lowest BCUT2D eigenvalue weighted by Crippen LogP contribution is -2.68. The molecule has 1 aromatic carbocycles. The second-order valence-corrected chi connectivity index (χ2v) is 10.5. The van der Waals surface area contributed by atoms with Gasteiger partial charge >= 0.3 is 12.2 Å². The molecule has 2 amide bonds. The van der Waals surface area contributed by atoms with Gasteiger partial charge in [0, 0.05) is 35.9 Å². The van der Waals surface area contributed by atoms with Crippen LogP contribution in [-0.2, 0) is 17.5 Å². The summed E-state index contributed by atoms with van der Waals surface area (Å²) in [6.07, 6.45) is -0.0837. The molecule has 0 radical (unpaired) electrons. The minimum absolute atomic E-state index is 0.0294. The molecule has 0 bridgehead atoms. The van der Waals surface area contributed by atoms with Crippen LogP contribution in [0, 0.1) is 5.41 Å². The Labute approximate surface area is 200 Å². The third-order valence-corrected chi connectivity index (χ3v) is 7.76. The predicted octanol–water partition coefficient (Wildman–Crippen LogP) is 3.91. The highest BCUT2D eigenvalue weighted by molar-refractivity contribution is 5.76. The summed E-state index contributed by atoms with van der Waals surface area (Å²) in [6, 6.07) is 3.41. The van der Waals surface area contributed by atoms with Crippen LogP contribution in [-0.4, -0.2) is 70.4 Å². The van der Waals surface area contributed by atoms with E-state index in [-0.39, 0.29) is 29.9 Å². The summed E-state index contributed by atoms with van der Waals surface area (Å²) in [5.74, 6) is 3.15. The molecule has 2 saturated carbocycles. The SMILES string of the molecule is COc1cc(C(F)(F)F)ccc1COC1CN(C(=O)N2CC3(CC(c4nnc(C5CC5)[nH]4)C3)C2)C1. The fraction of sp³-hybridized carbons (Fsp3) is 0.625. The van der Waals surface area contributed by atoms with Crippen molar-refractivity contribution in [3.63, 3.8) is 0 Å². The number of nitrogens with one attached hydrogen (secondary N) is 1. The van der Waals surface area contributed by atoms with Gasteiger partial charge in [0.15, 0.2) is 0 Å². The summed E-state index contributed by atoms with van der Waals surface area (Å²) in [6.45, 7) is 2.64. The molecule has 35 heavy (non-hydrogen) atoms. The number of alkyl halides is 3. The summed E-state index contributed by atoms with van der Waals surface area (Å²) in [7, 11) is 1.34. The number of benzene rings is 1. The van der Waals surface area contributed by atoms with E-state index in [1.54, 1.807) is 4.90 Å². The highest BCUT2D eigenvalue weighted by Crippen LogP contribution is 2.56. The van der Waals surface area contributed by atoms with E-state index >= 15 is 0 Å². The van der Waals surface area contributed by atoms with Gasteiger partial charge in [-0.15, -0.1) is 10.2 Å². The average Bonchev–Trinajstić information content (AvgIpc) is 3.47. The molecule has 4 aliphatic rings. The summed E-state index contributed by atoms with van der Waals surface area (Å²) in [5, 5.41) is 8.62. The maximum Gasteiger partial charge on any atom is 0.416 e. The Hall–Kier alpha value is -2.82. The van der Waals surface area contributed by atoms with Crippen molar-refractivity contribution in [3.8, 4) is 5.75 Å². The van der Waals surface area contributed by atoms with Gasteiger partial charge in [-0.05, 0) is 37.8 Å². The molecule has 6 rings (SSSR count). The molecule has 1 spiro atoms. The molecule has 11 heteroatoms. The number of urea groups is 1. The second kappa shape index (κ2) is 8.11. The zero-order chi connectivity index (χ0) is 24.4. The number of hydrogen-bond donors (Lipinski definition) is 1. The topological polar surface area (TPSA) is 83.6 Å². The van der Waals surface area contributed by atoms with Crippen LogP contribution in [0.5, 0.6) is 5.75 Å². The molecule has 2 saturated heterocycles. The first-order chi connectivity index (χ1) is 16.7. The van der Waals surface area contributed by atoms with Gasteiger partial charge in [-0.2, -0.15) is 13.2 Å². The molecule has 2 aliphatic heterocycles. The van der Waals surface area contributed by atoms with Crippen molar-refractivity contribution >= 4 is 6.03 Å². The minimum Gasteiger partial charge on any atom is -0.496 e. The molecule has 4 fully saturated rings. The largest absolute Gasteiger partial charge is 0.496 e. The molecule has 0 atom stereocenters. The van der Waals surface area contributed by atoms with Crippen LogP contribution in [0.1, 0.15) is 60.3 Å². The van der Waals surface area contributed by atoms with Crippen LogP contribution in [0.25, 0.3) is 0 Å². The minimum atomic E-state index is -4.42. The lowest BCUT2D eigenvalue weighted by molar-refractivity contribution is -0.137. The summed E-state index contributed by atoms with van der Waals surface area (Å²) in [5.41, 5.74) is 0.00482. The Morgan fingerprint density at radius 2 is 1.80 bits per heavy atom. The van der Waals surface area contributed by atoms with Crippen LogP contribution in [0.2, 0.25) is 0 Å². The number of rotatable bonds is 6. The van der Waals surface area contributed by atoms with Gasteiger partial charge in [0.25, 0.3) is 0 Å². The number of aromatic nitrogens is 3. The standard InChI is InChI=1S/C24H28F3N5O3/c1-34-19-6-17(24(25,26)27)5-4-15(19)11-35-18-9-31(10-18)22(33)32-12-23(13-32)7-16(8-23)21-28-20(29-30-21)14-2-3-14/h4-6,14,16,18H,2-3,7-13H2,1H3,(H,28,29,30). The number of ether oxygens (including phenoxy) is 2. The zero-order valence-electron chi connectivity index (χ0n) is 19.5. The van der Waals surface area contributed by atoms with E-state index < -0.39 is 11.7 Å². The molecular weight excluding hydrogens is 463 g/mol. The van der Waals surface area contributed by atoms with Crippen molar-refractivity contribution < 1.29 is 27.4 Å².